The molecule has 2 heterocycles. The van der Waals surface area contributed by atoms with Crippen molar-refractivity contribution in [2.75, 3.05) is 0 Å². The number of rotatable bonds is 2. The van der Waals surface area contributed by atoms with Gasteiger partial charge in [-0.2, -0.15) is 5.10 Å². The fourth-order valence-electron chi connectivity index (χ4n) is 1.22. The van der Waals surface area contributed by atoms with E-state index in [0.717, 1.165) is 17.0 Å². The molecule has 2 rings (SSSR count). The summed E-state index contributed by atoms with van der Waals surface area (Å²) in [4.78, 5) is 4.21. The summed E-state index contributed by atoms with van der Waals surface area (Å²) in [5.74, 6) is 0. The average Bonchev–Trinajstić information content (AvgIpc) is 2.71. The number of nitrogens with zero attached hydrogens (tertiary/aromatic N) is 3. The van der Waals surface area contributed by atoms with Crippen LogP contribution in [0.15, 0.2) is 43.4 Å². The molecular weight excluding hydrogens is 174 g/mol. The van der Waals surface area contributed by atoms with E-state index in [9.17, 15) is 0 Å². The first-order chi connectivity index (χ1) is 6.77. The quantitative estimate of drug-likeness (QED) is 0.718. The third-order valence-electron chi connectivity index (χ3n) is 1.95. The Balaban J connectivity index is 2.46. The normalized spacial score (nSPS) is 10.1. The SMILES string of the molecule is C=C(C)c1cc(-n2cccn2)ccn1. The molecule has 0 amide bonds. The lowest BCUT2D eigenvalue weighted by atomic mass is 10.2. The standard InChI is InChI=1S/C11H11N3/c1-9(2)11-8-10(4-6-12-11)14-7-3-5-13-14/h3-8H,1H2,2H3. The van der Waals surface area contributed by atoms with Crippen LogP contribution in [0.2, 0.25) is 0 Å². The van der Waals surface area contributed by atoms with Crippen molar-refractivity contribution < 1.29 is 0 Å². The zero-order valence-electron chi connectivity index (χ0n) is 8.01. The zero-order valence-corrected chi connectivity index (χ0v) is 8.01. The van der Waals surface area contributed by atoms with E-state index in [1.54, 1.807) is 17.1 Å². The van der Waals surface area contributed by atoms with E-state index >= 15 is 0 Å². The van der Waals surface area contributed by atoms with E-state index in [1.165, 1.54) is 0 Å². The van der Waals surface area contributed by atoms with Crippen LogP contribution in [-0.4, -0.2) is 14.8 Å². The molecule has 0 N–H and O–H groups in total. The van der Waals surface area contributed by atoms with E-state index in [2.05, 4.69) is 16.7 Å². The van der Waals surface area contributed by atoms with Gasteiger partial charge in [-0.05, 0) is 30.7 Å². The Kier molecular flexibility index (Phi) is 2.14. The molecule has 0 atom stereocenters. The van der Waals surface area contributed by atoms with E-state index in [1.807, 2.05) is 31.3 Å². The van der Waals surface area contributed by atoms with E-state index in [-0.39, 0.29) is 0 Å². The summed E-state index contributed by atoms with van der Waals surface area (Å²) >= 11 is 0. The molecule has 2 aromatic heterocycles. The minimum Gasteiger partial charge on any atom is -0.256 e. The fraction of sp³-hybridized carbons (Fsp3) is 0.0909. The van der Waals surface area contributed by atoms with Crippen LogP contribution in [0.5, 0.6) is 0 Å². The highest BCUT2D eigenvalue weighted by atomic mass is 15.3. The first-order valence-electron chi connectivity index (χ1n) is 4.39. The van der Waals surface area contributed by atoms with Crippen molar-refractivity contribution in [1.82, 2.24) is 14.8 Å². The molecule has 0 unspecified atom stereocenters. The van der Waals surface area contributed by atoms with Crippen LogP contribution in [0, 0.1) is 0 Å². The van der Waals surface area contributed by atoms with Crippen LogP contribution in [0.25, 0.3) is 11.3 Å². The molecule has 0 aliphatic heterocycles. The van der Waals surface area contributed by atoms with E-state index in [4.69, 9.17) is 0 Å². The van der Waals surface area contributed by atoms with Gasteiger partial charge in [-0.1, -0.05) is 6.58 Å². The lowest BCUT2D eigenvalue weighted by Crippen LogP contribution is -1.96. The Bertz CT molecular complexity index is 443. The van der Waals surface area contributed by atoms with E-state index in [0.29, 0.717) is 0 Å². The Hall–Kier alpha value is -1.90. The number of pyridine rings is 1. The molecule has 0 fully saturated rings. The van der Waals surface area contributed by atoms with Gasteiger partial charge in [0.15, 0.2) is 0 Å². The first kappa shape index (κ1) is 8.69. The van der Waals surface area contributed by atoms with Crippen molar-refractivity contribution in [2.45, 2.75) is 6.92 Å². The Morgan fingerprint density at radius 3 is 2.93 bits per heavy atom. The highest BCUT2D eigenvalue weighted by molar-refractivity contribution is 5.59. The molecule has 0 aromatic carbocycles. The lowest BCUT2D eigenvalue weighted by Gasteiger charge is -2.03. The minimum absolute atomic E-state index is 0.901. The van der Waals surface area contributed by atoms with Crippen LogP contribution in [0.3, 0.4) is 0 Å². The van der Waals surface area contributed by atoms with Gasteiger partial charge in [-0.3, -0.25) is 4.98 Å². The second-order valence-corrected chi connectivity index (χ2v) is 3.13. The molecule has 3 heteroatoms. The molecule has 14 heavy (non-hydrogen) atoms. The van der Waals surface area contributed by atoms with Gasteiger partial charge in [0.2, 0.25) is 0 Å². The predicted octanol–water partition coefficient (Wildman–Crippen LogP) is 2.30. The Morgan fingerprint density at radius 1 is 1.43 bits per heavy atom. The highest BCUT2D eigenvalue weighted by Gasteiger charge is 1.99. The molecule has 0 spiro atoms. The summed E-state index contributed by atoms with van der Waals surface area (Å²) < 4.78 is 1.80. The van der Waals surface area contributed by atoms with Gasteiger partial charge >= 0.3 is 0 Å². The van der Waals surface area contributed by atoms with Gasteiger partial charge in [0, 0.05) is 18.6 Å². The van der Waals surface area contributed by atoms with Gasteiger partial charge in [0.05, 0.1) is 11.4 Å². The summed E-state index contributed by atoms with van der Waals surface area (Å²) in [7, 11) is 0. The predicted molar refractivity (Wildman–Crippen MR) is 56.1 cm³/mol. The third-order valence-corrected chi connectivity index (χ3v) is 1.95. The molecule has 70 valence electrons. The maximum absolute atomic E-state index is 4.21. The maximum Gasteiger partial charge on any atom is 0.0682 e. The molecular formula is C11H11N3. The fourth-order valence-corrected chi connectivity index (χ4v) is 1.22. The minimum atomic E-state index is 0.901. The first-order valence-corrected chi connectivity index (χ1v) is 4.39. The number of aromatic nitrogens is 3. The van der Waals surface area contributed by atoms with E-state index < -0.39 is 0 Å². The maximum atomic E-state index is 4.21. The van der Waals surface area contributed by atoms with Crippen LogP contribution >= 0.6 is 0 Å². The molecule has 0 saturated heterocycles. The summed E-state index contributed by atoms with van der Waals surface area (Å²) in [5, 5.41) is 4.15. The molecule has 0 saturated carbocycles. The molecule has 0 aliphatic carbocycles. The lowest BCUT2D eigenvalue weighted by molar-refractivity contribution is 0.876. The van der Waals surface area contributed by atoms with Crippen molar-refractivity contribution in [1.29, 1.82) is 0 Å². The second-order valence-electron chi connectivity index (χ2n) is 3.13. The van der Waals surface area contributed by atoms with Gasteiger partial charge in [-0.15, -0.1) is 0 Å². The second kappa shape index (κ2) is 3.46. The van der Waals surface area contributed by atoms with Gasteiger partial charge < -0.3 is 0 Å². The van der Waals surface area contributed by atoms with Crippen molar-refractivity contribution in [2.24, 2.45) is 0 Å². The Labute approximate surface area is 82.7 Å². The highest BCUT2D eigenvalue weighted by Crippen LogP contribution is 2.12. The average molecular weight is 185 g/mol. The summed E-state index contributed by atoms with van der Waals surface area (Å²) in [6.45, 7) is 5.80. The molecule has 2 aromatic rings. The molecule has 0 bridgehead atoms. The summed E-state index contributed by atoms with van der Waals surface area (Å²) in [6, 6.07) is 5.77. The van der Waals surface area contributed by atoms with Crippen LogP contribution in [0.4, 0.5) is 0 Å². The Morgan fingerprint density at radius 2 is 2.29 bits per heavy atom. The topological polar surface area (TPSA) is 30.7 Å². The molecule has 0 aliphatic rings. The van der Waals surface area contributed by atoms with Crippen LogP contribution in [0.1, 0.15) is 12.6 Å². The van der Waals surface area contributed by atoms with Gasteiger partial charge in [0.25, 0.3) is 0 Å². The largest absolute Gasteiger partial charge is 0.256 e. The van der Waals surface area contributed by atoms with Crippen LogP contribution in [-0.2, 0) is 0 Å². The summed E-state index contributed by atoms with van der Waals surface area (Å²) in [6.07, 6.45) is 5.42. The smallest absolute Gasteiger partial charge is 0.0682 e. The summed E-state index contributed by atoms with van der Waals surface area (Å²) in [5.41, 5.74) is 2.86. The molecule has 0 radical (unpaired) electrons. The van der Waals surface area contributed by atoms with Crippen molar-refractivity contribution in [3.05, 3.63) is 49.1 Å². The van der Waals surface area contributed by atoms with Crippen molar-refractivity contribution in [3.63, 3.8) is 0 Å². The molecule has 3 nitrogen and oxygen atoms in total. The van der Waals surface area contributed by atoms with Crippen molar-refractivity contribution in [3.8, 4) is 5.69 Å². The monoisotopic (exact) mass is 185 g/mol. The van der Waals surface area contributed by atoms with Gasteiger partial charge in [0.1, 0.15) is 0 Å². The number of hydrogen-bond acceptors (Lipinski definition) is 2. The third kappa shape index (κ3) is 1.57. The zero-order chi connectivity index (χ0) is 9.97. The van der Waals surface area contributed by atoms with Crippen molar-refractivity contribution >= 4 is 5.57 Å². The number of allylic oxidation sites excluding steroid dienone is 1. The number of hydrogen-bond donors (Lipinski definition) is 0. The van der Waals surface area contributed by atoms with Crippen LogP contribution < -0.4 is 0 Å². The van der Waals surface area contributed by atoms with Gasteiger partial charge in [-0.25, -0.2) is 4.68 Å².